The fraction of sp³-hybridized carbons (Fsp3) is 0.273. The molecule has 0 saturated heterocycles. The summed E-state index contributed by atoms with van der Waals surface area (Å²) in [4.78, 5) is 4.27. The second-order valence-electron chi connectivity index (χ2n) is 4.00. The number of benzene rings is 1. The number of hydrogen-bond donors (Lipinski definition) is 3. The van der Waals surface area contributed by atoms with Crippen molar-refractivity contribution in [3.05, 3.63) is 29.8 Å². The third kappa shape index (κ3) is 1.29. The minimum Gasteiger partial charge on any atom is -0.348 e. The molecule has 5 nitrogen and oxygen atoms in total. The molecule has 2 aliphatic rings. The number of aliphatic imine (C=N–C) groups is 1. The minimum atomic E-state index is -1.34. The van der Waals surface area contributed by atoms with E-state index in [1.807, 2.05) is 24.3 Å². The SMILES string of the molecule is CC1=NN[C@@]2(O)Nc3ccccc3CC2=N1. The molecule has 0 saturated carbocycles. The van der Waals surface area contributed by atoms with Crippen molar-refractivity contribution < 1.29 is 5.11 Å². The lowest BCUT2D eigenvalue weighted by Crippen LogP contribution is -2.60. The van der Waals surface area contributed by atoms with Gasteiger partial charge in [-0.25, -0.2) is 4.99 Å². The fourth-order valence-corrected chi connectivity index (χ4v) is 1.97. The molecule has 0 aromatic heterocycles. The van der Waals surface area contributed by atoms with Crippen LogP contribution < -0.4 is 10.7 Å². The molecule has 82 valence electrons. The maximum atomic E-state index is 10.3. The van der Waals surface area contributed by atoms with Crippen LogP contribution in [0.25, 0.3) is 0 Å². The highest BCUT2D eigenvalue weighted by Gasteiger charge is 2.39. The van der Waals surface area contributed by atoms with Crippen molar-refractivity contribution in [2.75, 3.05) is 5.32 Å². The quantitative estimate of drug-likeness (QED) is 0.597. The van der Waals surface area contributed by atoms with Gasteiger partial charge in [0.15, 0.2) is 0 Å². The minimum absolute atomic E-state index is 0.625. The highest BCUT2D eigenvalue weighted by molar-refractivity contribution is 6.06. The first-order chi connectivity index (χ1) is 7.67. The lowest BCUT2D eigenvalue weighted by atomic mass is 9.97. The largest absolute Gasteiger partial charge is 0.348 e. The van der Waals surface area contributed by atoms with Crippen molar-refractivity contribution in [3.63, 3.8) is 0 Å². The number of anilines is 1. The van der Waals surface area contributed by atoms with E-state index in [2.05, 4.69) is 20.8 Å². The number of amidine groups is 1. The lowest BCUT2D eigenvalue weighted by Gasteiger charge is -2.37. The average Bonchev–Trinajstić information content (AvgIpc) is 2.27. The maximum absolute atomic E-state index is 10.3. The summed E-state index contributed by atoms with van der Waals surface area (Å²) < 4.78 is 0. The molecular weight excluding hydrogens is 204 g/mol. The van der Waals surface area contributed by atoms with Gasteiger partial charge in [-0.3, -0.25) is 5.43 Å². The molecule has 1 aromatic carbocycles. The Hall–Kier alpha value is -1.88. The van der Waals surface area contributed by atoms with Crippen molar-refractivity contribution in [2.45, 2.75) is 19.2 Å². The number of rotatable bonds is 0. The molecule has 0 bridgehead atoms. The summed E-state index contributed by atoms with van der Waals surface area (Å²) in [7, 11) is 0. The number of para-hydroxylation sites is 1. The van der Waals surface area contributed by atoms with E-state index in [1.165, 1.54) is 0 Å². The number of hydrogen-bond acceptors (Lipinski definition) is 5. The van der Waals surface area contributed by atoms with Gasteiger partial charge in [-0.1, -0.05) is 18.2 Å². The first kappa shape index (κ1) is 9.35. The van der Waals surface area contributed by atoms with Crippen LogP contribution in [0.3, 0.4) is 0 Å². The molecule has 0 amide bonds. The van der Waals surface area contributed by atoms with E-state index in [1.54, 1.807) is 6.92 Å². The van der Waals surface area contributed by atoms with Crippen LogP contribution in [0.15, 0.2) is 34.4 Å². The Labute approximate surface area is 92.9 Å². The van der Waals surface area contributed by atoms with Gasteiger partial charge >= 0.3 is 0 Å². The van der Waals surface area contributed by atoms with Crippen LogP contribution in [0.5, 0.6) is 0 Å². The van der Waals surface area contributed by atoms with E-state index in [4.69, 9.17) is 0 Å². The van der Waals surface area contributed by atoms with Crippen molar-refractivity contribution >= 4 is 17.2 Å². The molecule has 5 heteroatoms. The van der Waals surface area contributed by atoms with Gasteiger partial charge in [0.25, 0.3) is 5.85 Å². The van der Waals surface area contributed by atoms with Gasteiger partial charge in [0.1, 0.15) is 5.84 Å². The normalized spacial score (nSPS) is 26.6. The highest BCUT2D eigenvalue weighted by Crippen LogP contribution is 2.27. The van der Waals surface area contributed by atoms with Gasteiger partial charge in [0.2, 0.25) is 0 Å². The Bertz CT molecular complexity index is 508. The first-order valence-corrected chi connectivity index (χ1v) is 5.15. The molecule has 0 fully saturated rings. The molecule has 0 aliphatic carbocycles. The molecule has 3 N–H and O–H groups in total. The predicted molar refractivity (Wildman–Crippen MR) is 62.4 cm³/mol. The van der Waals surface area contributed by atoms with Crippen LogP contribution in [0.1, 0.15) is 12.5 Å². The zero-order chi connectivity index (χ0) is 11.2. The molecule has 0 unspecified atom stereocenters. The van der Waals surface area contributed by atoms with Gasteiger partial charge in [-0.05, 0) is 18.6 Å². The zero-order valence-electron chi connectivity index (χ0n) is 8.86. The van der Waals surface area contributed by atoms with Gasteiger partial charge in [0.05, 0.1) is 5.71 Å². The van der Waals surface area contributed by atoms with Gasteiger partial charge in [-0.2, -0.15) is 5.10 Å². The summed E-state index contributed by atoms with van der Waals surface area (Å²) in [6, 6.07) is 7.85. The molecule has 2 aliphatic heterocycles. The maximum Gasteiger partial charge on any atom is 0.271 e. The monoisotopic (exact) mass is 216 g/mol. The second kappa shape index (κ2) is 3.05. The Morgan fingerprint density at radius 1 is 1.38 bits per heavy atom. The molecule has 16 heavy (non-hydrogen) atoms. The lowest BCUT2D eigenvalue weighted by molar-refractivity contribution is 0.100. The summed E-state index contributed by atoms with van der Waals surface area (Å²) in [6.45, 7) is 1.79. The molecule has 3 rings (SSSR count). The van der Waals surface area contributed by atoms with Gasteiger partial charge in [0, 0.05) is 12.1 Å². The Kier molecular flexibility index (Phi) is 1.79. The standard InChI is InChI=1S/C11H12N4O/c1-7-12-10-6-8-4-2-3-5-9(8)13-11(10,16)15-14-7/h2-5,13,15-16H,6H2,1H3/t11-/m0/s1. The van der Waals surface area contributed by atoms with Crippen molar-refractivity contribution in [1.82, 2.24) is 5.43 Å². The summed E-state index contributed by atoms with van der Waals surface area (Å²) in [5.74, 6) is -0.714. The number of nitrogens with zero attached hydrogens (tertiary/aromatic N) is 2. The van der Waals surface area contributed by atoms with Crippen LogP contribution >= 0.6 is 0 Å². The topological polar surface area (TPSA) is 69.0 Å². The van der Waals surface area contributed by atoms with Crippen LogP contribution in [0.4, 0.5) is 5.69 Å². The van der Waals surface area contributed by atoms with E-state index in [0.717, 1.165) is 11.3 Å². The molecule has 1 atom stereocenters. The van der Waals surface area contributed by atoms with Crippen LogP contribution in [-0.4, -0.2) is 22.5 Å². The molecule has 0 radical (unpaired) electrons. The number of nitrogens with one attached hydrogen (secondary N) is 2. The summed E-state index contributed by atoms with van der Waals surface area (Å²) >= 11 is 0. The van der Waals surface area contributed by atoms with Crippen LogP contribution in [0.2, 0.25) is 0 Å². The zero-order valence-corrected chi connectivity index (χ0v) is 8.86. The second-order valence-corrected chi connectivity index (χ2v) is 4.00. The van der Waals surface area contributed by atoms with E-state index >= 15 is 0 Å². The molecule has 2 heterocycles. The Morgan fingerprint density at radius 3 is 3.06 bits per heavy atom. The van der Waals surface area contributed by atoms with E-state index < -0.39 is 5.85 Å². The number of fused-ring (bicyclic) bond motifs is 2. The Morgan fingerprint density at radius 2 is 2.19 bits per heavy atom. The van der Waals surface area contributed by atoms with Crippen molar-refractivity contribution in [2.24, 2.45) is 10.1 Å². The summed E-state index contributed by atoms with van der Waals surface area (Å²) in [5.41, 5.74) is 5.38. The fourth-order valence-electron chi connectivity index (χ4n) is 1.97. The number of aliphatic hydroxyl groups is 1. The third-order valence-corrected chi connectivity index (χ3v) is 2.78. The molecular formula is C11H12N4O. The molecule has 0 spiro atoms. The Balaban J connectivity index is 2.08. The number of hydrazone groups is 1. The highest BCUT2D eigenvalue weighted by atomic mass is 16.3. The van der Waals surface area contributed by atoms with Crippen LogP contribution in [0, 0.1) is 0 Å². The van der Waals surface area contributed by atoms with Gasteiger partial charge in [-0.15, -0.1) is 0 Å². The van der Waals surface area contributed by atoms with Gasteiger partial charge < -0.3 is 10.4 Å². The van der Waals surface area contributed by atoms with E-state index in [-0.39, 0.29) is 0 Å². The predicted octanol–water partition coefficient (Wildman–Crippen LogP) is 0.678. The molecule has 1 aromatic rings. The summed E-state index contributed by atoms with van der Waals surface area (Å²) in [5, 5.41) is 17.2. The van der Waals surface area contributed by atoms with Crippen molar-refractivity contribution in [3.8, 4) is 0 Å². The van der Waals surface area contributed by atoms with Crippen LogP contribution in [-0.2, 0) is 6.42 Å². The van der Waals surface area contributed by atoms with Crippen molar-refractivity contribution in [1.29, 1.82) is 0 Å². The van der Waals surface area contributed by atoms with E-state index in [0.29, 0.717) is 18.0 Å². The smallest absolute Gasteiger partial charge is 0.271 e. The third-order valence-electron chi connectivity index (χ3n) is 2.78. The van der Waals surface area contributed by atoms with E-state index in [9.17, 15) is 5.11 Å². The summed E-state index contributed by atoms with van der Waals surface area (Å²) in [6.07, 6.45) is 0.625. The first-order valence-electron chi connectivity index (χ1n) is 5.15. The average molecular weight is 216 g/mol.